The Balaban J connectivity index is 1.92. The highest BCUT2D eigenvalue weighted by Gasteiger charge is 2.66. The number of rotatable bonds is 7. The van der Waals surface area contributed by atoms with E-state index in [9.17, 15) is 31.6 Å². The largest absolute Gasteiger partial charge is 0.459 e. The van der Waals surface area contributed by atoms with Gasteiger partial charge in [0.1, 0.15) is 5.60 Å². The second kappa shape index (κ2) is 6.54. The molecule has 4 bridgehead atoms. The lowest BCUT2D eigenvalue weighted by Crippen LogP contribution is -2.62. The van der Waals surface area contributed by atoms with Crippen LogP contribution in [0, 0.1) is 22.7 Å². The van der Waals surface area contributed by atoms with E-state index < -0.39 is 49.3 Å². The molecule has 10 heteroatoms. The van der Waals surface area contributed by atoms with Crippen molar-refractivity contribution in [3.8, 4) is 0 Å². The Hall–Kier alpha value is -1.42. The van der Waals surface area contributed by atoms with Gasteiger partial charge in [-0.2, -0.15) is 17.2 Å². The summed E-state index contributed by atoms with van der Waals surface area (Å²) >= 11 is 0. The van der Waals surface area contributed by atoms with Gasteiger partial charge in [0.25, 0.3) is 5.78 Å². The molecule has 0 aromatic carbocycles. The molecule has 0 amide bonds. The van der Waals surface area contributed by atoms with Crippen molar-refractivity contribution in [2.45, 2.75) is 76.6 Å². The first-order chi connectivity index (χ1) is 13.1. The molecule has 4 aliphatic rings. The van der Waals surface area contributed by atoms with Crippen LogP contribution in [0.15, 0.2) is 0 Å². The number of ketones is 2. The van der Waals surface area contributed by atoms with Crippen LogP contribution in [-0.2, 0) is 29.2 Å². The SMILES string of the molecule is CCC(C)(C)C(=O)OC12CC3CC(C1)CC(C(=O)C(=O)C(F)(F)S(=O)(=O)O)(C3)C2. The van der Waals surface area contributed by atoms with E-state index >= 15 is 0 Å². The molecule has 0 heterocycles. The van der Waals surface area contributed by atoms with Gasteiger partial charge in [-0.3, -0.25) is 18.9 Å². The molecule has 0 saturated heterocycles. The maximum Gasteiger partial charge on any atom is 0.434 e. The number of carbonyl (C=O) groups excluding carboxylic acids is 3. The molecule has 4 saturated carbocycles. The molecule has 4 aliphatic carbocycles. The highest BCUT2D eigenvalue weighted by Crippen LogP contribution is 2.63. The molecule has 4 rings (SSSR count). The van der Waals surface area contributed by atoms with Crippen LogP contribution >= 0.6 is 0 Å². The number of halogens is 2. The number of hydrogen-bond acceptors (Lipinski definition) is 6. The first kappa shape index (κ1) is 22.3. The number of esters is 1. The molecule has 0 spiro atoms. The fourth-order valence-corrected chi connectivity index (χ4v) is 5.86. The Morgan fingerprint density at radius 3 is 2.07 bits per heavy atom. The monoisotopic (exact) mass is 436 g/mol. The predicted octanol–water partition coefficient (Wildman–Crippen LogP) is 2.92. The zero-order valence-corrected chi connectivity index (χ0v) is 17.5. The summed E-state index contributed by atoms with van der Waals surface area (Å²) in [5.74, 6) is -4.52. The van der Waals surface area contributed by atoms with Gasteiger partial charge in [0.05, 0.1) is 5.41 Å². The average Bonchev–Trinajstić information content (AvgIpc) is 2.57. The Kier molecular flexibility index (Phi) is 5.02. The fraction of sp³-hybridized carbons (Fsp3) is 0.842. The molecule has 164 valence electrons. The van der Waals surface area contributed by atoms with Gasteiger partial charge in [-0.05, 0) is 64.2 Å². The molecule has 0 aliphatic heterocycles. The summed E-state index contributed by atoms with van der Waals surface area (Å²) in [6.45, 7) is 5.29. The highest BCUT2D eigenvalue weighted by molar-refractivity contribution is 7.87. The molecule has 0 aromatic heterocycles. The van der Waals surface area contributed by atoms with E-state index in [0.29, 0.717) is 19.3 Å². The molecular formula is C19H26F2O7S. The van der Waals surface area contributed by atoms with Gasteiger partial charge < -0.3 is 4.74 Å². The van der Waals surface area contributed by atoms with Crippen molar-refractivity contribution in [1.29, 1.82) is 0 Å². The maximum atomic E-state index is 13.9. The van der Waals surface area contributed by atoms with Crippen LogP contribution in [-0.4, -0.2) is 41.4 Å². The molecule has 29 heavy (non-hydrogen) atoms. The van der Waals surface area contributed by atoms with Gasteiger partial charge in [-0.15, -0.1) is 0 Å². The smallest absolute Gasteiger partial charge is 0.434 e. The lowest BCUT2D eigenvalue weighted by molar-refractivity contribution is -0.210. The molecule has 2 unspecified atom stereocenters. The van der Waals surface area contributed by atoms with E-state index in [-0.39, 0.29) is 31.1 Å². The van der Waals surface area contributed by atoms with E-state index in [1.807, 2.05) is 6.92 Å². The normalized spacial score (nSPS) is 34.1. The van der Waals surface area contributed by atoms with E-state index in [1.54, 1.807) is 13.8 Å². The van der Waals surface area contributed by atoms with Crippen molar-refractivity contribution in [2.24, 2.45) is 22.7 Å². The Bertz CT molecular complexity index is 848. The molecule has 1 N–H and O–H groups in total. The van der Waals surface area contributed by atoms with Crippen molar-refractivity contribution in [3.63, 3.8) is 0 Å². The number of Topliss-reactive ketones (excluding diaryl/α,β-unsaturated/α-hetero) is 2. The van der Waals surface area contributed by atoms with E-state index in [2.05, 4.69) is 0 Å². The van der Waals surface area contributed by atoms with Crippen molar-refractivity contribution in [2.75, 3.05) is 0 Å². The number of carbonyl (C=O) groups is 3. The minimum Gasteiger partial charge on any atom is -0.459 e. The highest BCUT2D eigenvalue weighted by atomic mass is 32.2. The lowest BCUT2D eigenvalue weighted by Gasteiger charge is -2.60. The molecule has 0 radical (unpaired) electrons. The van der Waals surface area contributed by atoms with Crippen LogP contribution in [0.5, 0.6) is 0 Å². The Morgan fingerprint density at radius 2 is 1.62 bits per heavy atom. The third-order valence-electron chi connectivity index (χ3n) is 7.03. The molecule has 0 aromatic rings. The molecule has 7 nitrogen and oxygen atoms in total. The van der Waals surface area contributed by atoms with Crippen LogP contribution < -0.4 is 0 Å². The number of hydrogen-bond donors (Lipinski definition) is 1. The summed E-state index contributed by atoms with van der Waals surface area (Å²) in [4.78, 5) is 37.6. The summed E-state index contributed by atoms with van der Waals surface area (Å²) in [5.41, 5.74) is -3.27. The van der Waals surface area contributed by atoms with Gasteiger partial charge in [0.15, 0.2) is 0 Å². The van der Waals surface area contributed by atoms with Crippen molar-refractivity contribution < 1.29 is 40.9 Å². The summed E-state index contributed by atoms with van der Waals surface area (Å²) in [6, 6.07) is 0. The van der Waals surface area contributed by atoms with Gasteiger partial charge in [0, 0.05) is 11.8 Å². The Morgan fingerprint density at radius 1 is 1.10 bits per heavy atom. The van der Waals surface area contributed by atoms with Crippen LogP contribution in [0.3, 0.4) is 0 Å². The van der Waals surface area contributed by atoms with Crippen molar-refractivity contribution in [1.82, 2.24) is 0 Å². The second-order valence-corrected chi connectivity index (χ2v) is 11.2. The minimum atomic E-state index is -6.06. The quantitative estimate of drug-likeness (QED) is 0.371. The molecular weight excluding hydrogens is 410 g/mol. The Labute approximate surface area is 168 Å². The van der Waals surface area contributed by atoms with Crippen LogP contribution in [0.25, 0.3) is 0 Å². The summed E-state index contributed by atoms with van der Waals surface area (Å²) in [7, 11) is -6.06. The van der Waals surface area contributed by atoms with Gasteiger partial charge in [-0.1, -0.05) is 6.92 Å². The summed E-state index contributed by atoms with van der Waals surface area (Å²) < 4.78 is 64.2. The molecule has 4 fully saturated rings. The van der Waals surface area contributed by atoms with Crippen molar-refractivity contribution in [3.05, 3.63) is 0 Å². The van der Waals surface area contributed by atoms with Crippen molar-refractivity contribution >= 4 is 27.7 Å². The minimum absolute atomic E-state index is 0.0787. The first-order valence-electron chi connectivity index (χ1n) is 9.75. The van der Waals surface area contributed by atoms with E-state index in [0.717, 1.165) is 6.42 Å². The third kappa shape index (κ3) is 3.52. The fourth-order valence-electron chi connectivity index (χ4n) is 5.53. The summed E-state index contributed by atoms with van der Waals surface area (Å²) in [6.07, 6.45) is 2.52. The second-order valence-electron chi connectivity index (χ2n) is 9.70. The topological polar surface area (TPSA) is 115 Å². The molecule has 2 atom stereocenters. The third-order valence-corrected chi connectivity index (χ3v) is 7.86. The van der Waals surface area contributed by atoms with Crippen LogP contribution in [0.4, 0.5) is 8.78 Å². The van der Waals surface area contributed by atoms with E-state index in [1.165, 1.54) is 0 Å². The number of ether oxygens (including phenoxy) is 1. The average molecular weight is 436 g/mol. The van der Waals surface area contributed by atoms with Gasteiger partial charge >= 0.3 is 21.3 Å². The van der Waals surface area contributed by atoms with Gasteiger partial charge in [0.2, 0.25) is 5.78 Å². The maximum absolute atomic E-state index is 13.9. The lowest BCUT2D eigenvalue weighted by atomic mass is 9.46. The van der Waals surface area contributed by atoms with Gasteiger partial charge in [-0.25, -0.2) is 0 Å². The van der Waals surface area contributed by atoms with Crippen LogP contribution in [0.1, 0.15) is 65.7 Å². The zero-order chi connectivity index (χ0) is 22.0. The predicted molar refractivity (Wildman–Crippen MR) is 96.5 cm³/mol. The standard InChI is InChI=1S/C19H26F2O7S/c1-4-16(2,3)15(24)28-18-8-11-5-12(9-18)7-17(6-11,10-18)13(22)14(23)19(20,21)29(25,26)27/h11-12H,4-10H2,1-3H3,(H,25,26,27). The first-order valence-corrected chi connectivity index (χ1v) is 11.2. The van der Waals surface area contributed by atoms with E-state index in [4.69, 9.17) is 9.29 Å². The zero-order valence-electron chi connectivity index (χ0n) is 16.7. The van der Waals surface area contributed by atoms with Crippen LogP contribution in [0.2, 0.25) is 0 Å². The summed E-state index contributed by atoms with van der Waals surface area (Å²) in [5, 5.41) is -5.19. The number of alkyl halides is 2.